The fourth-order valence-corrected chi connectivity index (χ4v) is 5.41. The van der Waals surface area contributed by atoms with Gasteiger partial charge in [-0.05, 0) is 56.0 Å². The molecule has 2 aliphatic heterocycles. The molecule has 42 heavy (non-hydrogen) atoms. The summed E-state index contributed by atoms with van der Waals surface area (Å²) in [7, 11) is 2.01. The van der Waals surface area contributed by atoms with Gasteiger partial charge in [0.05, 0.1) is 37.7 Å². The monoisotopic (exact) mass is 570 g/mol. The number of esters is 3. The van der Waals surface area contributed by atoms with Gasteiger partial charge in [0.2, 0.25) is 5.72 Å². The van der Waals surface area contributed by atoms with Crippen molar-refractivity contribution in [2.75, 3.05) is 25.2 Å². The quantitative estimate of drug-likeness (QED) is 0.138. The standard InChI is InChI=1S/C33H34N2O7/c1-21(2)31(38)40-18-8-17-39-28(36)15-16-29(37)41-23-13-11-22-12-14-27-30(24(22)19-23)34-20-33(42-27)32(3,4)25-9-6-7-10-26(25)35(33)5/h6-7,9-14,19-20H,1,8,15-18H2,2-5H3. The van der Waals surface area contributed by atoms with Crippen molar-refractivity contribution < 1.29 is 33.3 Å². The average Bonchev–Trinajstić information content (AvgIpc) is 3.13. The van der Waals surface area contributed by atoms with Crippen molar-refractivity contribution >= 4 is 46.3 Å². The van der Waals surface area contributed by atoms with Crippen LogP contribution in [0.4, 0.5) is 11.4 Å². The normalized spacial score (nSPS) is 17.8. The number of benzene rings is 3. The highest BCUT2D eigenvalue weighted by molar-refractivity contribution is 6.00. The van der Waals surface area contributed by atoms with Crippen LogP contribution in [0.5, 0.6) is 11.5 Å². The zero-order chi connectivity index (χ0) is 30.1. The smallest absolute Gasteiger partial charge is 0.333 e. The molecule has 5 rings (SSSR count). The van der Waals surface area contributed by atoms with Crippen LogP contribution in [0.25, 0.3) is 10.8 Å². The Morgan fingerprint density at radius 2 is 1.69 bits per heavy atom. The molecule has 0 fully saturated rings. The van der Waals surface area contributed by atoms with E-state index < -0.39 is 23.6 Å². The molecule has 9 heteroatoms. The summed E-state index contributed by atoms with van der Waals surface area (Å²) in [5.41, 5.74) is 2.08. The molecule has 0 saturated carbocycles. The Kier molecular flexibility index (Phi) is 7.77. The van der Waals surface area contributed by atoms with E-state index in [-0.39, 0.29) is 31.5 Å². The Morgan fingerprint density at radius 3 is 2.45 bits per heavy atom. The minimum Gasteiger partial charge on any atom is -0.466 e. The highest BCUT2D eigenvalue weighted by Crippen LogP contribution is 2.54. The summed E-state index contributed by atoms with van der Waals surface area (Å²) in [5, 5.41) is 1.71. The SMILES string of the molecule is C=C(C)C(=O)OCCCOC(=O)CCC(=O)Oc1ccc2ccc3c(c2c1)N=CC1(O3)N(C)c2ccccc2C1(C)C. The van der Waals surface area contributed by atoms with Crippen LogP contribution in [0.3, 0.4) is 0 Å². The number of ether oxygens (including phenoxy) is 4. The van der Waals surface area contributed by atoms with Crippen LogP contribution in [0.2, 0.25) is 0 Å². The fourth-order valence-electron chi connectivity index (χ4n) is 5.41. The maximum atomic E-state index is 12.5. The molecular weight excluding hydrogens is 536 g/mol. The molecule has 3 aromatic rings. The first kappa shape index (κ1) is 28.9. The van der Waals surface area contributed by atoms with Crippen molar-refractivity contribution in [3.8, 4) is 11.5 Å². The Morgan fingerprint density at radius 1 is 0.976 bits per heavy atom. The molecule has 0 bridgehead atoms. The summed E-state index contributed by atoms with van der Waals surface area (Å²) in [5.74, 6) is -0.601. The van der Waals surface area contributed by atoms with Crippen molar-refractivity contribution in [1.29, 1.82) is 0 Å². The Bertz CT molecular complexity index is 1610. The number of para-hydroxylation sites is 1. The van der Waals surface area contributed by atoms with Gasteiger partial charge in [0.15, 0.2) is 0 Å². The molecule has 0 saturated heterocycles. The van der Waals surface area contributed by atoms with Gasteiger partial charge in [-0.2, -0.15) is 0 Å². The number of rotatable bonds is 9. The van der Waals surface area contributed by atoms with E-state index in [0.717, 1.165) is 16.5 Å². The van der Waals surface area contributed by atoms with Gasteiger partial charge in [-0.25, -0.2) is 4.79 Å². The number of nitrogens with zero attached hydrogens (tertiary/aromatic N) is 2. The topological polar surface area (TPSA) is 104 Å². The van der Waals surface area contributed by atoms with Crippen molar-refractivity contribution in [1.82, 2.24) is 0 Å². The highest BCUT2D eigenvalue weighted by Gasteiger charge is 2.58. The molecule has 0 N–H and O–H groups in total. The van der Waals surface area contributed by atoms with E-state index in [1.807, 2.05) is 43.6 Å². The van der Waals surface area contributed by atoms with Gasteiger partial charge in [-0.3, -0.25) is 14.6 Å². The third-order valence-corrected chi connectivity index (χ3v) is 7.79. The van der Waals surface area contributed by atoms with E-state index in [1.165, 1.54) is 5.56 Å². The van der Waals surface area contributed by atoms with Gasteiger partial charge in [0, 0.05) is 30.1 Å². The number of carbonyl (C=O) groups is 3. The molecular formula is C33H34N2O7. The molecule has 1 unspecified atom stereocenters. The van der Waals surface area contributed by atoms with E-state index in [4.69, 9.17) is 23.9 Å². The Labute approximate surface area is 244 Å². The largest absolute Gasteiger partial charge is 0.466 e. The molecule has 0 amide bonds. The van der Waals surface area contributed by atoms with Crippen LogP contribution in [0.15, 0.2) is 71.7 Å². The third kappa shape index (κ3) is 5.22. The maximum absolute atomic E-state index is 12.5. The summed E-state index contributed by atoms with van der Waals surface area (Å²) >= 11 is 0. The van der Waals surface area contributed by atoms with E-state index >= 15 is 0 Å². The second-order valence-corrected chi connectivity index (χ2v) is 11.0. The lowest BCUT2D eigenvalue weighted by Crippen LogP contribution is -2.61. The number of aliphatic imine (C=N–C) groups is 1. The molecule has 3 aromatic carbocycles. The van der Waals surface area contributed by atoms with Gasteiger partial charge in [-0.1, -0.05) is 36.9 Å². The second-order valence-electron chi connectivity index (χ2n) is 11.0. The van der Waals surface area contributed by atoms with Crippen LogP contribution in [-0.4, -0.2) is 50.1 Å². The average molecular weight is 571 g/mol. The van der Waals surface area contributed by atoms with Crippen molar-refractivity contribution in [2.45, 2.75) is 51.2 Å². The van der Waals surface area contributed by atoms with Crippen LogP contribution in [-0.2, 0) is 29.3 Å². The number of hydrogen-bond donors (Lipinski definition) is 0. The number of carbonyl (C=O) groups excluding carboxylic acids is 3. The molecule has 9 nitrogen and oxygen atoms in total. The van der Waals surface area contributed by atoms with Crippen molar-refractivity contribution in [3.05, 3.63) is 72.3 Å². The van der Waals surface area contributed by atoms with Crippen LogP contribution in [0, 0.1) is 0 Å². The minimum atomic E-state index is -0.800. The lowest BCUT2D eigenvalue weighted by molar-refractivity contribution is -0.147. The number of hydrogen-bond acceptors (Lipinski definition) is 9. The van der Waals surface area contributed by atoms with Crippen molar-refractivity contribution in [2.24, 2.45) is 4.99 Å². The first-order valence-corrected chi connectivity index (χ1v) is 13.9. The number of anilines is 1. The lowest BCUT2D eigenvalue weighted by Gasteiger charge is -2.45. The lowest BCUT2D eigenvalue weighted by atomic mass is 9.77. The zero-order valence-electron chi connectivity index (χ0n) is 24.3. The second kappa shape index (κ2) is 11.3. The van der Waals surface area contributed by atoms with E-state index in [2.05, 4.69) is 37.5 Å². The van der Waals surface area contributed by atoms with Gasteiger partial charge in [0.1, 0.15) is 17.2 Å². The predicted octanol–water partition coefficient (Wildman–Crippen LogP) is 5.80. The Balaban J connectivity index is 1.22. The van der Waals surface area contributed by atoms with Crippen LogP contribution < -0.4 is 14.4 Å². The van der Waals surface area contributed by atoms with Crippen molar-refractivity contribution in [3.63, 3.8) is 0 Å². The summed E-state index contributed by atoms with van der Waals surface area (Å²) in [6.45, 7) is 9.56. The zero-order valence-corrected chi connectivity index (χ0v) is 24.3. The van der Waals surface area contributed by atoms with Crippen LogP contribution >= 0.6 is 0 Å². The molecule has 0 aliphatic carbocycles. The van der Waals surface area contributed by atoms with Gasteiger partial charge < -0.3 is 23.8 Å². The van der Waals surface area contributed by atoms with E-state index in [0.29, 0.717) is 29.2 Å². The molecule has 0 aromatic heterocycles. The minimum absolute atomic E-state index is 0.0794. The van der Waals surface area contributed by atoms with Crippen LogP contribution in [0.1, 0.15) is 45.6 Å². The molecule has 2 aliphatic rings. The predicted molar refractivity (Wildman–Crippen MR) is 160 cm³/mol. The Hall–Kier alpha value is -4.66. The van der Waals surface area contributed by atoms with E-state index in [1.54, 1.807) is 19.1 Å². The molecule has 218 valence electrons. The molecule has 1 spiro atoms. The van der Waals surface area contributed by atoms with E-state index in [9.17, 15) is 14.4 Å². The van der Waals surface area contributed by atoms with Gasteiger partial charge >= 0.3 is 17.9 Å². The van der Waals surface area contributed by atoms with Gasteiger partial charge in [-0.15, -0.1) is 0 Å². The first-order valence-electron chi connectivity index (χ1n) is 13.9. The maximum Gasteiger partial charge on any atom is 0.333 e. The number of fused-ring (bicyclic) bond motifs is 4. The fraction of sp³-hybridized carbons (Fsp3) is 0.333. The molecule has 2 heterocycles. The van der Waals surface area contributed by atoms with Gasteiger partial charge in [0.25, 0.3) is 0 Å². The molecule has 1 atom stereocenters. The third-order valence-electron chi connectivity index (χ3n) is 7.79. The number of likely N-dealkylation sites (N-methyl/N-ethyl adjacent to an activating group) is 1. The highest BCUT2D eigenvalue weighted by atomic mass is 16.6. The summed E-state index contributed by atoms with van der Waals surface area (Å²) in [4.78, 5) is 42.9. The summed E-state index contributed by atoms with van der Waals surface area (Å²) < 4.78 is 22.3. The summed E-state index contributed by atoms with van der Waals surface area (Å²) in [6.07, 6.45) is 1.95. The molecule has 0 radical (unpaired) electrons. The summed E-state index contributed by atoms with van der Waals surface area (Å²) in [6, 6.07) is 17.5. The first-order chi connectivity index (χ1) is 20.0.